The number of hydrogen-bond donors (Lipinski definition) is 1. The number of rotatable bonds is 3. The summed E-state index contributed by atoms with van der Waals surface area (Å²) < 4.78 is 25.6. The number of alkyl carbamates (subject to hydrolysis) is 1. The van der Waals surface area contributed by atoms with Crippen LogP contribution in [-0.2, 0) is 18.9 Å². The molecule has 2 aromatic heterocycles. The molecule has 3 aliphatic heterocycles. The number of amides is 1. The van der Waals surface area contributed by atoms with E-state index < -0.39 is 11.7 Å². The lowest BCUT2D eigenvalue weighted by molar-refractivity contribution is -0.125. The van der Waals surface area contributed by atoms with Crippen LogP contribution in [0.25, 0.3) is 11.2 Å². The molecule has 0 radical (unpaired) electrons. The number of aromatic nitrogens is 4. The molecule has 0 aliphatic carbocycles. The van der Waals surface area contributed by atoms with E-state index in [2.05, 4.69) is 37.9 Å². The first-order chi connectivity index (χ1) is 17.1. The molecule has 198 valence electrons. The Hall–Kier alpha value is -1.77. The first-order valence-electron chi connectivity index (χ1n) is 12.5. The standard InChI is InChI=1S/C24H35IN6O5/c1-14-20(28-21-17(26-14)19(25)29-31(21)16-12-33-10-11-34-16)30-8-6-24(7-9-30)13-35-15(2)18(24)27-22(32)36-23(3,4)5/h15-16,18H,6-13H2,1-5H3,(H,27,32)/t15-,16?,18+/m0/s1. The molecule has 3 saturated heterocycles. The molecule has 11 nitrogen and oxygen atoms in total. The van der Waals surface area contributed by atoms with Gasteiger partial charge in [0.2, 0.25) is 0 Å². The SMILES string of the molecule is Cc1nc2c(I)nn(C3COCCO3)c2nc1N1CCC2(CC1)CO[C@@H](C)[C@H]2NC(=O)OC(C)(C)C. The summed E-state index contributed by atoms with van der Waals surface area (Å²) in [7, 11) is 0. The fourth-order valence-electron chi connectivity index (χ4n) is 5.41. The van der Waals surface area contributed by atoms with Crippen molar-refractivity contribution in [2.75, 3.05) is 44.4 Å². The van der Waals surface area contributed by atoms with Gasteiger partial charge in [0.05, 0.1) is 44.3 Å². The van der Waals surface area contributed by atoms with E-state index in [1.807, 2.05) is 34.6 Å². The lowest BCUT2D eigenvalue weighted by Gasteiger charge is -2.43. The number of piperidine rings is 1. The van der Waals surface area contributed by atoms with Crippen LogP contribution in [0.15, 0.2) is 0 Å². The van der Waals surface area contributed by atoms with Crippen molar-refractivity contribution in [3.8, 4) is 0 Å². The molecule has 3 aliphatic rings. The molecule has 1 unspecified atom stereocenters. The second-order valence-corrected chi connectivity index (χ2v) is 12.0. The highest BCUT2D eigenvalue weighted by molar-refractivity contribution is 14.1. The van der Waals surface area contributed by atoms with Crippen molar-refractivity contribution in [1.29, 1.82) is 0 Å². The number of ether oxygens (including phenoxy) is 4. The van der Waals surface area contributed by atoms with Gasteiger partial charge >= 0.3 is 6.09 Å². The van der Waals surface area contributed by atoms with Crippen LogP contribution < -0.4 is 10.2 Å². The number of halogens is 1. The van der Waals surface area contributed by atoms with Gasteiger partial charge in [-0.05, 0) is 70.1 Å². The third-order valence-corrected chi connectivity index (χ3v) is 7.93. The van der Waals surface area contributed by atoms with Crippen molar-refractivity contribution >= 4 is 45.7 Å². The van der Waals surface area contributed by atoms with Crippen molar-refractivity contribution < 1.29 is 23.7 Å². The molecule has 36 heavy (non-hydrogen) atoms. The van der Waals surface area contributed by atoms with Gasteiger partial charge in [-0.2, -0.15) is 5.10 Å². The molecule has 1 spiro atoms. The van der Waals surface area contributed by atoms with Crippen molar-refractivity contribution in [2.45, 2.75) is 71.4 Å². The van der Waals surface area contributed by atoms with E-state index in [1.54, 1.807) is 4.68 Å². The van der Waals surface area contributed by atoms with Crippen molar-refractivity contribution in [3.63, 3.8) is 0 Å². The first-order valence-corrected chi connectivity index (χ1v) is 13.6. The molecule has 0 bridgehead atoms. The van der Waals surface area contributed by atoms with E-state index in [4.69, 9.17) is 28.9 Å². The average molecular weight is 614 g/mol. The summed E-state index contributed by atoms with van der Waals surface area (Å²) in [5, 5.41) is 7.77. The zero-order valence-electron chi connectivity index (χ0n) is 21.5. The minimum Gasteiger partial charge on any atom is -0.444 e. The number of nitrogens with zero attached hydrogens (tertiary/aromatic N) is 5. The quantitative estimate of drug-likeness (QED) is 0.521. The number of carbonyl (C=O) groups is 1. The van der Waals surface area contributed by atoms with E-state index in [0.29, 0.717) is 32.1 Å². The number of fused-ring (bicyclic) bond motifs is 1. The zero-order valence-corrected chi connectivity index (χ0v) is 23.7. The Morgan fingerprint density at radius 3 is 2.61 bits per heavy atom. The molecule has 3 atom stereocenters. The number of carbonyl (C=O) groups excluding carboxylic acids is 1. The van der Waals surface area contributed by atoms with Gasteiger partial charge in [0.1, 0.15) is 11.1 Å². The Morgan fingerprint density at radius 2 is 1.94 bits per heavy atom. The minimum atomic E-state index is -0.544. The van der Waals surface area contributed by atoms with E-state index in [0.717, 1.165) is 46.7 Å². The Labute approximate surface area is 224 Å². The van der Waals surface area contributed by atoms with Gasteiger partial charge in [-0.3, -0.25) is 0 Å². The van der Waals surface area contributed by atoms with E-state index in [1.165, 1.54) is 0 Å². The molecule has 1 N–H and O–H groups in total. The second kappa shape index (κ2) is 9.84. The Bertz CT molecular complexity index is 1120. The smallest absolute Gasteiger partial charge is 0.407 e. The summed E-state index contributed by atoms with van der Waals surface area (Å²) in [5.74, 6) is 0.857. The number of anilines is 1. The fraction of sp³-hybridized carbons (Fsp3) is 0.750. The zero-order chi connectivity index (χ0) is 25.7. The third kappa shape index (κ3) is 5.01. The van der Waals surface area contributed by atoms with Crippen molar-refractivity contribution in [3.05, 3.63) is 9.39 Å². The molecule has 0 saturated carbocycles. The molecule has 2 aromatic rings. The van der Waals surface area contributed by atoms with Crippen LogP contribution in [0, 0.1) is 16.0 Å². The van der Waals surface area contributed by atoms with Crippen LogP contribution in [0.1, 0.15) is 52.5 Å². The van der Waals surface area contributed by atoms with E-state index in [-0.39, 0.29) is 23.8 Å². The fourth-order valence-corrected chi connectivity index (χ4v) is 6.01. The third-order valence-electron chi connectivity index (χ3n) is 7.20. The van der Waals surface area contributed by atoms with Crippen molar-refractivity contribution in [1.82, 2.24) is 25.1 Å². The molecule has 0 aromatic carbocycles. The number of nitrogens with one attached hydrogen (secondary N) is 1. The van der Waals surface area contributed by atoms with Crippen LogP contribution in [0.4, 0.5) is 10.6 Å². The van der Waals surface area contributed by atoms with Gasteiger partial charge in [0.15, 0.2) is 21.4 Å². The normalized spacial score (nSPS) is 26.5. The largest absolute Gasteiger partial charge is 0.444 e. The topological polar surface area (TPSA) is 113 Å². The summed E-state index contributed by atoms with van der Waals surface area (Å²) in [6.45, 7) is 13.4. The number of aryl methyl sites for hydroxylation is 1. The molecule has 12 heteroatoms. The van der Waals surface area contributed by atoms with Crippen LogP contribution in [0.2, 0.25) is 0 Å². The summed E-state index contributed by atoms with van der Waals surface area (Å²) >= 11 is 2.20. The van der Waals surface area contributed by atoms with Gasteiger partial charge < -0.3 is 29.2 Å². The average Bonchev–Trinajstić information content (AvgIpc) is 3.30. The maximum Gasteiger partial charge on any atom is 0.407 e. The van der Waals surface area contributed by atoms with Gasteiger partial charge in [0, 0.05) is 18.5 Å². The summed E-state index contributed by atoms with van der Waals surface area (Å²) in [6, 6.07) is -0.101. The summed E-state index contributed by atoms with van der Waals surface area (Å²) in [5.41, 5.74) is 1.67. The maximum absolute atomic E-state index is 12.6. The molecule has 1 amide bonds. The van der Waals surface area contributed by atoms with Crippen LogP contribution in [0.3, 0.4) is 0 Å². The van der Waals surface area contributed by atoms with E-state index in [9.17, 15) is 4.79 Å². The van der Waals surface area contributed by atoms with Crippen LogP contribution in [-0.4, -0.2) is 83.1 Å². The van der Waals surface area contributed by atoms with Gasteiger partial charge in [0.25, 0.3) is 0 Å². The van der Waals surface area contributed by atoms with Crippen LogP contribution >= 0.6 is 22.6 Å². The van der Waals surface area contributed by atoms with E-state index >= 15 is 0 Å². The Balaban J connectivity index is 1.35. The highest BCUT2D eigenvalue weighted by Gasteiger charge is 2.50. The van der Waals surface area contributed by atoms with Gasteiger partial charge in [-0.25, -0.2) is 19.4 Å². The van der Waals surface area contributed by atoms with Gasteiger partial charge in [-0.1, -0.05) is 0 Å². The maximum atomic E-state index is 12.6. The Kier molecular flexibility index (Phi) is 7.07. The molecular formula is C24H35IN6O5. The number of hydrogen-bond acceptors (Lipinski definition) is 9. The highest BCUT2D eigenvalue weighted by atomic mass is 127. The molecular weight excluding hydrogens is 579 g/mol. The lowest BCUT2D eigenvalue weighted by Crippen LogP contribution is -2.55. The van der Waals surface area contributed by atoms with Crippen LogP contribution in [0.5, 0.6) is 0 Å². The highest BCUT2D eigenvalue weighted by Crippen LogP contribution is 2.43. The molecule has 3 fully saturated rings. The summed E-state index contributed by atoms with van der Waals surface area (Å²) in [4.78, 5) is 24.7. The van der Waals surface area contributed by atoms with Gasteiger partial charge in [-0.15, -0.1) is 0 Å². The predicted molar refractivity (Wildman–Crippen MR) is 141 cm³/mol. The molecule has 5 heterocycles. The van der Waals surface area contributed by atoms with Crippen molar-refractivity contribution in [2.24, 2.45) is 5.41 Å². The lowest BCUT2D eigenvalue weighted by atomic mass is 9.73. The molecule has 5 rings (SSSR count). The Morgan fingerprint density at radius 1 is 1.19 bits per heavy atom. The monoisotopic (exact) mass is 614 g/mol. The first kappa shape index (κ1) is 25.9. The minimum absolute atomic E-state index is 0.0731. The summed E-state index contributed by atoms with van der Waals surface area (Å²) in [6.07, 6.45) is 0.962. The predicted octanol–water partition coefficient (Wildman–Crippen LogP) is 3.18. The second-order valence-electron chi connectivity index (χ2n) is 10.9.